The van der Waals surface area contributed by atoms with E-state index in [1.54, 1.807) is 67.5 Å². The molecule has 0 radical (unpaired) electrons. The molecule has 0 saturated carbocycles. The zero-order valence-corrected chi connectivity index (χ0v) is 20.9. The van der Waals surface area contributed by atoms with Gasteiger partial charge in [-0.2, -0.15) is 5.10 Å². The fraction of sp³-hybridized carbons (Fsp3) is 0.346. The number of carbonyl (C=O) groups excluding carboxylic acids is 1. The van der Waals surface area contributed by atoms with Gasteiger partial charge in [-0.05, 0) is 51.1 Å². The van der Waals surface area contributed by atoms with E-state index < -0.39 is 28.9 Å². The van der Waals surface area contributed by atoms with E-state index in [0.717, 1.165) is 0 Å². The van der Waals surface area contributed by atoms with Crippen LogP contribution in [0.4, 0.5) is 8.78 Å². The Morgan fingerprint density at radius 2 is 1.81 bits per heavy atom. The highest BCUT2D eigenvalue weighted by Crippen LogP contribution is 2.31. The zero-order valence-electron chi connectivity index (χ0n) is 20.9. The Hall–Kier alpha value is -3.83. The summed E-state index contributed by atoms with van der Waals surface area (Å²) in [6.45, 7) is 5.29. The Balaban J connectivity index is 1.46. The van der Waals surface area contributed by atoms with E-state index in [-0.39, 0.29) is 36.8 Å². The van der Waals surface area contributed by atoms with Crippen LogP contribution in [0.15, 0.2) is 48.8 Å². The van der Waals surface area contributed by atoms with Gasteiger partial charge < -0.3 is 19.5 Å². The van der Waals surface area contributed by atoms with Gasteiger partial charge in [0.05, 0.1) is 30.2 Å². The number of benzene rings is 1. The van der Waals surface area contributed by atoms with Crippen LogP contribution in [-0.2, 0) is 28.7 Å². The van der Waals surface area contributed by atoms with Gasteiger partial charge in [-0.3, -0.25) is 13.9 Å². The highest BCUT2D eigenvalue weighted by Gasteiger charge is 2.45. The molecule has 1 saturated heterocycles. The van der Waals surface area contributed by atoms with Crippen LogP contribution in [0.2, 0.25) is 0 Å². The van der Waals surface area contributed by atoms with E-state index >= 15 is 0 Å². The Kier molecular flexibility index (Phi) is 6.20. The number of ether oxygens (including phenoxy) is 3. The summed E-state index contributed by atoms with van der Waals surface area (Å²) >= 11 is 0. The van der Waals surface area contributed by atoms with Crippen molar-refractivity contribution in [3.05, 3.63) is 83.1 Å². The Morgan fingerprint density at radius 1 is 1.11 bits per heavy atom. The van der Waals surface area contributed by atoms with Gasteiger partial charge in [-0.25, -0.2) is 13.8 Å². The minimum Gasteiger partial charge on any atom is -0.485 e. The van der Waals surface area contributed by atoms with Crippen LogP contribution in [0.5, 0.6) is 5.75 Å². The maximum Gasteiger partial charge on any atom is 0.271 e. The molecule has 37 heavy (non-hydrogen) atoms. The van der Waals surface area contributed by atoms with E-state index in [0.29, 0.717) is 17.0 Å². The molecule has 0 spiro atoms. The van der Waals surface area contributed by atoms with Gasteiger partial charge in [0, 0.05) is 19.4 Å². The molecule has 4 heterocycles. The van der Waals surface area contributed by atoms with Crippen LogP contribution in [0.25, 0.3) is 5.65 Å². The molecule has 4 aromatic rings. The summed E-state index contributed by atoms with van der Waals surface area (Å²) in [5.41, 5.74) is 0.439. The number of halogens is 2. The lowest BCUT2D eigenvalue weighted by Gasteiger charge is -2.42. The molecular formula is C26H27F2N5O4. The molecule has 1 N–H and O–H groups in total. The number of pyridine rings is 1. The van der Waals surface area contributed by atoms with Crippen LogP contribution >= 0.6 is 0 Å². The van der Waals surface area contributed by atoms with E-state index in [9.17, 15) is 13.6 Å². The average Bonchev–Trinajstić information content (AvgIpc) is 3.43. The normalized spacial score (nSPS) is 16.6. The smallest absolute Gasteiger partial charge is 0.271 e. The van der Waals surface area contributed by atoms with Crippen LogP contribution in [0.3, 0.4) is 0 Å². The maximum atomic E-state index is 14.1. The molecule has 5 rings (SSSR count). The van der Waals surface area contributed by atoms with Gasteiger partial charge in [0.1, 0.15) is 29.5 Å². The van der Waals surface area contributed by atoms with Crippen molar-refractivity contribution in [1.82, 2.24) is 24.5 Å². The van der Waals surface area contributed by atoms with E-state index in [4.69, 9.17) is 14.2 Å². The predicted octanol–water partition coefficient (Wildman–Crippen LogP) is 3.64. The lowest BCUT2D eigenvalue weighted by Crippen LogP contribution is -2.59. The predicted molar refractivity (Wildman–Crippen MR) is 129 cm³/mol. The highest BCUT2D eigenvalue weighted by atomic mass is 19.1. The Morgan fingerprint density at radius 3 is 2.46 bits per heavy atom. The lowest BCUT2D eigenvalue weighted by atomic mass is 9.95. The third-order valence-electron chi connectivity index (χ3n) is 6.33. The van der Waals surface area contributed by atoms with Gasteiger partial charge in [-0.15, -0.1) is 0 Å². The number of nitrogens with zero attached hydrogens (tertiary/aromatic N) is 4. The highest BCUT2D eigenvalue weighted by molar-refractivity contribution is 5.95. The summed E-state index contributed by atoms with van der Waals surface area (Å²) in [6, 6.07) is 8.73. The first kappa shape index (κ1) is 24.8. The van der Waals surface area contributed by atoms with Gasteiger partial charge in [0.15, 0.2) is 17.2 Å². The molecule has 0 atom stereocenters. The fourth-order valence-corrected chi connectivity index (χ4v) is 4.27. The van der Waals surface area contributed by atoms with E-state index in [1.165, 1.54) is 18.2 Å². The number of nitrogens with one attached hydrogen (secondary N) is 1. The number of fused-ring (bicyclic) bond motifs is 1. The summed E-state index contributed by atoms with van der Waals surface area (Å²) in [4.78, 5) is 18.2. The number of carbonyl (C=O) groups is 1. The maximum absolute atomic E-state index is 14.1. The van der Waals surface area contributed by atoms with Crippen molar-refractivity contribution >= 4 is 11.6 Å². The second-order valence-electron chi connectivity index (χ2n) is 9.49. The Bertz CT molecular complexity index is 1450. The van der Waals surface area contributed by atoms with Crippen molar-refractivity contribution in [2.24, 2.45) is 7.05 Å². The molecule has 1 aliphatic rings. The SMILES string of the molecule is Cc1nc2c(OCc3c(F)cccc3F)cccn2c1C(=O)NC1(c2ccn(C)n2)COC(C)(C)OC1. The lowest BCUT2D eigenvalue weighted by molar-refractivity contribution is -0.272. The van der Waals surface area contributed by atoms with Crippen LogP contribution in [0.1, 0.15) is 41.3 Å². The van der Waals surface area contributed by atoms with Crippen LogP contribution in [0, 0.1) is 18.6 Å². The molecule has 1 aromatic carbocycles. The first-order valence-corrected chi connectivity index (χ1v) is 11.7. The molecular weight excluding hydrogens is 484 g/mol. The van der Waals surface area contributed by atoms with Gasteiger partial charge in [-0.1, -0.05) is 6.07 Å². The van der Waals surface area contributed by atoms with Crippen molar-refractivity contribution in [3.63, 3.8) is 0 Å². The molecule has 9 nitrogen and oxygen atoms in total. The van der Waals surface area contributed by atoms with Gasteiger partial charge in [0.2, 0.25) is 0 Å². The molecule has 1 fully saturated rings. The van der Waals surface area contributed by atoms with Crippen LogP contribution in [-0.4, -0.2) is 44.1 Å². The average molecular weight is 512 g/mol. The third kappa shape index (κ3) is 4.67. The number of hydrogen-bond donors (Lipinski definition) is 1. The van der Waals surface area contributed by atoms with Gasteiger partial charge in [0.25, 0.3) is 5.91 Å². The summed E-state index contributed by atoms with van der Waals surface area (Å²) in [5.74, 6) is -2.35. The number of imidazole rings is 1. The summed E-state index contributed by atoms with van der Waals surface area (Å²) < 4.78 is 48.9. The minimum absolute atomic E-state index is 0.154. The first-order valence-electron chi connectivity index (χ1n) is 11.7. The van der Waals surface area contributed by atoms with E-state index in [1.807, 2.05) is 0 Å². The second-order valence-corrected chi connectivity index (χ2v) is 9.49. The van der Waals surface area contributed by atoms with Crippen molar-refractivity contribution in [1.29, 1.82) is 0 Å². The molecule has 1 aliphatic heterocycles. The number of rotatable bonds is 6. The van der Waals surface area contributed by atoms with E-state index in [2.05, 4.69) is 15.4 Å². The topological polar surface area (TPSA) is 91.9 Å². The monoisotopic (exact) mass is 511 g/mol. The molecule has 1 amide bonds. The largest absolute Gasteiger partial charge is 0.485 e. The molecule has 194 valence electrons. The molecule has 0 unspecified atom stereocenters. The van der Waals surface area contributed by atoms with Crippen molar-refractivity contribution in [3.8, 4) is 5.75 Å². The molecule has 0 bridgehead atoms. The van der Waals surface area contributed by atoms with Crippen molar-refractivity contribution in [2.45, 2.75) is 38.7 Å². The number of hydrogen-bond acceptors (Lipinski definition) is 6. The zero-order chi connectivity index (χ0) is 26.4. The van der Waals surface area contributed by atoms with Gasteiger partial charge >= 0.3 is 0 Å². The van der Waals surface area contributed by atoms with Crippen molar-refractivity contribution in [2.75, 3.05) is 13.2 Å². The summed E-state index contributed by atoms with van der Waals surface area (Å²) in [6.07, 6.45) is 3.45. The number of aryl methyl sites for hydroxylation is 2. The molecule has 0 aliphatic carbocycles. The summed E-state index contributed by atoms with van der Waals surface area (Å²) in [7, 11) is 1.79. The fourth-order valence-electron chi connectivity index (χ4n) is 4.27. The Labute approximate surface area is 212 Å². The third-order valence-corrected chi connectivity index (χ3v) is 6.33. The number of aromatic nitrogens is 4. The summed E-state index contributed by atoms with van der Waals surface area (Å²) in [5, 5.41) is 7.55. The standard InChI is InChI=1S/C26H27F2N5O4/c1-16-22(24(34)30-26(21-10-12-32(4)31-21)14-36-25(2,3)37-15-26)33-11-6-9-20(23(33)29-16)35-13-17-18(27)7-5-8-19(17)28/h5-12H,13-15H2,1-4H3,(H,30,34). The second kappa shape index (κ2) is 9.24. The van der Waals surface area contributed by atoms with Crippen LogP contribution < -0.4 is 10.1 Å². The first-order chi connectivity index (χ1) is 17.6. The molecule has 3 aromatic heterocycles. The quantitative estimate of drug-likeness (QED) is 0.425. The molecule has 11 heteroatoms. The number of amides is 1. The van der Waals surface area contributed by atoms with Crippen molar-refractivity contribution < 1.29 is 27.8 Å². The minimum atomic E-state index is -1.03.